The van der Waals surface area contributed by atoms with E-state index in [0.717, 1.165) is 0 Å². The van der Waals surface area contributed by atoms with E-state index < -0.39 is 0 Å². The molecule has 24 aromatic rings. The fourth-order valence-corrected chi connectivity index (χ4v) is 20.3. The van der Waals surface area contributed by atoms with Crippen LogP contribution in [0.15, 0.2) is 522 Å². The zero-order valence-corrected chi connectivity index (χ0v) is 76.2. The molecule has 0 unspecified atom stereocenters. The van der Waals surface area contributed by atoms with Gasteiger partial charge in [-0.05, 0) is 261 Å². The molecule has 0 spiro atoms. The number of fused-ring (bicyclic) bond motifs is 7. The van der Waals surface area contributed by atoms with Crippen LogP contribution in [0.2, 0.25) is 0 Å². The van der Waals surface area contributed by atoms with E-state index in [2.05, 4.69) is 549 Å². The molecule has 0 radical (unpaired) electrons. The van der Waals surface area contributed by atoms with Crippen molar-refractivity contribution < 1.29 is 0 Å². The molecule has 135 heavy (non-hydrogen) atoms. The van der Waals surface area contributed by atoms with E-state index in [0.29, 0.717) is 0 Å². The van der Waals surface area contributed by atoms with Crippen LogP contribution in [0.5, 0.6) is 0 Å². The number of rotatable bonds is 14. The van der Waals surface area contributed by atoms with Crippen molar-refractivity contribution in [1.82, 2.24) is 0 Å². The summed E-state index contributed by atoms with van der Waals surface area (Å²) < 4.78 is 0. The maximum Gasteiger partial charge on any atom is -0.00261 e. The molecule has 0 atom stereocenters. The first-order chi connectivity index (χ1) is 66.5. The highest BCUT2D eigenvalue weighted by molar-refractivity contribution is 6.25. The molecule has 0 heteroatoms. The Morgan fingerprint density at radius 3 is 0.563 bits per heavy atom. The van der Waals surface area contributed by atoms with Crippen molar-refractivity contribution in [2.75, 3.05) is 0 Å². The minimum atomic E-state index is 0.0474. The molecule has 0 bridgehead atoms. The highest BCUT2D eigenvalue weighted by Crippen LogP contribution is 2.51. The van der Waals surface area contributed by atoms with Gasteiger partial charge in [-0.2, -0.15) is 0 Å². The molecule has 0 aromatic heterocycles. The molecular formula is C135H98. The second-order valence-electron chi connectivity index (χ2n) is 36.4. The minimum absolute atomic E-state index is 0.0474. The third kappa shape index (κ3) is 16.7. The standard InChI is InChI=1S/C54H36.C42H34.C39H28/c1-4-14-37(15-5-1)39-24-28-42(29-25-39)53-49-22-12-13-23-50(49)54(43-30-26-40(27-31-43)38-16-6-2-7-17-38)52-36-44(32-33-51(52)53)46-35-34-45(41-18-8-3-9-19-41)47-20-10-11-21-48(46)47;1-42(2,3)35-26-27-38-39(28-35)41(34-24-20-32(21-25-34)30-14-8-5-9-15-30)37-17-11-10-16-36(37)40(38)33-22-18-31(19-23-33)29-12-6-4-7-13-29;1-27-16-25-36-37(26-27)39(33-23-19-31(20-24-33)29-12-6-3-7-13-29)35-15-9-8-14-34(35)38(36)32-21-17-30(18-22-32)28-10-4-2-5-11-28/h1-36H;4-28H,1-3H3;2-26H,1H3. The molecule has 0 aliphatic carbocycles. The summed E-state index contributed by atoms with van der Waals surface area (Å²) in [4.78, 5) is 0. The fraction of sp³-hybridized carbons (Fsp3) is 0.0370. The molecule has 0 saturated heterocycles. The first kappa shape index (κ1) is 83.7. The number of hydrogen-bond acceptors (Lipinski definition) is 0. The van der Waals surface area contributed by atoms with Crippen molar-refractivity contribution in [3.05, 3.63) is 533 Å². The second-order valence-corrected chi connectivity index (χ2v) is 36.4. The third-order valence-electron chi connectivity index (χ3n) is 27.1. The molecule has 24 aromatic carbocycles. The van der Waals surface area contributed by atoms with Gasteiger partial charge in [0.1, 0.15) is 0 Å². The second kappa shape index (κ2) is 36.8. The van der Waals surface area contributed by atoms with Crippen LogP contribution < -0.4 is 0 Å². The van der Waals surface area contributed by atoms with E-state index in [1.165, 1.54) is 242 Å². The lowest BCUT2D eigenvalue weighted by Crippen LogP contribution is -2.10. The van der Waals surface area contributed by atoms with Crippen molar-refractivity contribution >= 4 is 75.4 Å². The number of benzene rings is 24. The van der Waals surface area contributed by atoms with Crippen molar-refractivity contribution in [3.63, 3.8) is 0 Å². The quantitative estimate of drug-likeness (QED) is 0.0952. The van der Waals surface area contributed by atoms with Gasteiger partial charge in [-0.1, -0.05) is 536 Å². The van der Waals surface area contributed by atoms with Gasteiger partial charge in [0.15, 0.2) is 0 Å². The third-order valence-corrected chi connectivity index (χ3v) is 27.1. The Morgan fingerprint density at radius 1 is 0.119 bits per heavy atom. The van der Waals surface area contributed by atoms with Gasteiger partial charge in [-0.15, -0.1) is 0 Å². The highest BCUT2D eigenvalue weighted by atomic mass is 14.3. The lowest BCUT2D eigenvalue weighted by atomic mass is 9.81. The summed E-state index contributed by atoms with van der Waals surface area (Å²) in [5.74, 6) is 0. The molecule has 24 rings (SSSR count). The fourth-order valence-electron chi connectivity index (χ4n) is 20.3. The lowest BCUT2D eigenvalue weighted by molar-refractivity contribution is 0.591. The van der Waals surface area contributed by atoms with Crippen LogP contribution in [0.25, 0.3) is 231 Å². The van der Waals surface area contributed by atoms with Crippen LogP contribution in [0, 0.1) is 6.92 Å². The average Bonchev–Trinajstić information content (AvgIpc) is 0.730. The van der Waals surface area contributed by atoms with Crippen LogP contribution in [-0.4, -0.2) is 0 Å². The summed E-state index contributed by atoms with van der Waals surface area (Å²) in [5, 5.41) is 17.8. The number of aryl methyl sites for hydroxylation is 1. The SMILES string of the molecule is CC(C)(C)c1ccc2c(-c3ccc(-c4ccccc4)cc3)c3ccccc3c(-c3ccc(-c4ccccc4)cc3)c2c1.Cc1ccc2c(-c3ccc(-c4ccccc4)cc3)c3ccccc3c(-c3ccc(-c4ccccc4)cc3)c2c1.c1ccc(-c2ccc(-c3c4ccccc4c(-c4ccc(-c5ccccc5)cc4)c4cc(-c5ccc(-c6ccccc6)c6ccccc56)ccc34)cc2)cc1. The summed E-state index contributed by atoms with van der Waals surface area (Å²) in [7, 11) is 0. The Kier molecular flexibility index (Phi) is 22.8. The molecule has 0 heterocycles. The molecular weight excluding hydrogens is 1620 g/mol. The van der Waals surface area contributed by atoms with Crippen LogP contribution in [0.3, 0.4) is 0 Å². The van der Waals surface area contributed by atoms with E-state index >= 15 is 0 Å². The Labute approximate surface area is 791 Å². The van der Waals surface area contributed by atoms with Gasteiger partial charge in [-0.3, -0.25) is 0 Å². The van der Waals surface area contributed by atoms with Gasteiger partial charge in [-0.25, -0.2) is 0 Å². The maximum atomic E-state index is 2.44. The van der Waals surface area contributed by atoms with Crippen LogP contribution >= 0.6 is 0 Å². The Bertz CT molecular complexity index is 8420. The monoisotopic (exact) mass is 1720 g/mol. The molecule has 0 fully saturated rings. The molecule has 0 N–H and O–H groups in total. The van der Waals surface area contributed by atoms with E-state index in [1.807, 2.05) is 0 Å². The highest BCUT2D eigenvalue weighted by Gasteiger charge is 2.25. The first-order valence-electron chi connectivity index (χ1n) is 47.0. The van der Waals surface area contributed by atoms with Gasteiger partial charge in [0.25, 0.3) is 0 Å². The summed E-state index contributed by atoms with van der Waals surface area (Å²) in [5.41, 5.74) is 37.5. The van der Waals surface area contributed by atoms with E-state index in [1.54, 1.807) is 0 Å². The van der Waals surface area contributed by atoms with Gasteiger partial charge >= 0.3 is 0 Å². The smallest absolute Gasteiger partial charge is 0.00261 e. The van der Waals surface area contributed by atoms with Gasteiger partial charge in [0.2, 0.25) is 0 Å². The largest absolute Gasteiger partial charge is 0.0622 e. The van der Waals surface area contributed by atoms with E-state index in [4.69, 9.17) is 0 Å². The molecule has 0 amide bonds. The summed E-state index contributed by atoms with van der Waals surface area (Å²) in [6, 6.07) is 190. The van der Waals surface area contributed by atoms with Crippen molar-refractivity contribution in [2.24, 2.45) is 0 Å². The van der Waals surface area contributed by atoms with Crippen molar-refractivity contribution in [1.29, 1.82) is 0 Å². The van der Waals surface area contributed by atoms with Gasteiger partial charge in [0.05, 0.1) is 0 Å². The molecule has 0 aliphatic heterocycles. The zero-order valence-electron chi connectivity index (χ0n) is 76.2. The molecule has 0 saturated carbocycles. The minimum Gasteiger partial charge on any atom is -0.0622 e. The zero-order chi connectivity index (χ0) is 90.7. The molecule has 0 aliphatic rings. The molecule has 0 nitrogen and oxygen atoms in total. The molecule has 638 valence electrons. The predicted molar refractivity (Wildman–Crippen MR) is 581 cm³/mol. The van der Waals surface area contributed by atoms with Crippen molar-refractivity contribution in [3.8, 4) is 156 Å². The maximum absolute atomic E-state index is 2.44. The van der Waals surface area contributed by atoms with Gasteiger partial charge in [0, 0.05) is 0 Å². The van der Waals surface area contributed by atoms with Crippen molar-refractivity contribution in [2.45, 2.75) is 33.1 Å². The number of hydrogen-bond donors (Lipinski definition) is 0. The summed E-state index contributed by atoms with van der Waals surface area (Å²) in [6.07, 6.45) is 0. The van der Waals surface area contributed by atoms with Crippen LogP contribution in [0.4, 0.5) is 0 Å². The Morgan fingerprint density at radius 2 is 0.296 bits per heavy atom. The van der Waals surface area contributed by atoms with Crippen LogP contribution in [-0.2, 0) is 5.41 Å². The van der Waals surface area contributed by atoms with E-state index in [-0.39, 0.29) is 5.41 Å². The predicted octanol–water partition coefficient (Wildman–Crippen LogP) is 38.1. The Balaban J connectivity index is 0.000000120. The van der Waals surface area contributed by atoms with Gasteiger partial charge < -0.3 is 0 Å². The summed E-state index contributed by atoms with van der Waals surface area (Å²) >= 11 is 0. The summed E-state index contributed by atoms with van der Waals surface area (Å²) in [6.45, 7) is 9.08. The first-order valence-corrected chi connectivity index (χ1v) is 47.0. The Hall–Kier alpha value is -16.9. The van der Waals surface area contributed by atoms with E-state index in [9.17, 15) is 0 Å². The average molecular weight is 1720 g/mol. The van der Waals surface area contributed by atoms with Crippen LogP contribution in [0.1, 0.15) is 31.9 Å². The lowest BCUT2D eigenvalue weighted by Gasteiger charge is -2.23. The normalized spacial score (nSPS) is 11.4. The topological polar surface area (TPSA) is 0 Å².